The Morgan fingerprint density at radius 1 is 1.12 bits per heavy atom. The molecule has 0 spiro atoms. The highest BCUT2D eigenvalue weighted by Crippen LogP contribution is 2.30. The highest BCUT2D eigenvalue weighted by Gasteiger charge is 2.15. The van der Waals surface area contributed by atoms with E-state index in [1.165, 1.54) is 12.5 Å². The Kier molecular flexibility index (Phi) is 5.40. The molecule has 0 fully saturated rings. The molecule has 0 radical (unpaired) electrons. The predicted molar refractivity (Wildman–Crippen MR) is 132 cm³/mol. The quantitative estimate of drug-likeness (QED) is 0.245. The zero-order valence-corrected chi connectivity index (χ0v) is 18.4. The number of fused-ring (bicyclic) bond motifs is 1. The fraction of sp³-hybridized carbons (Fsp3) is 0.0833. The van der Waals surface area contributed by atoms with Crippen LogP contribution in [0.1, 0.15) is 29.0 Å². The summed E-state index contributed by atoms with van der Waals surface area (Å²) in [5.74, 6) is 1.28. The number of benzene rings is 2. The lowest BCUT2D eigenvalue weighted by molar-refractivity contribution is 0.102. The van der Waals surface area contributed by atoms with Gasteiger partial charge in [0.15, 0.2) is 11.6 Å². The van der Waals surface area contributed by atoms with Crippen molar-refractivity contribution < 1.29 is 4.79 Å². The fourth-order valence-corrected chi connectivity index (χ4v) is 3.69. The van der Waals surface area contributed by atoms with Crippen molar-refractivity contribution in [2.45, 2.75) is 13.0 Å². The summed E-state index contributed by atoms with van der Waals surface area (Å²) in [6.45, 7) is 1.89. The van der Waals surface area contributed by atoms with Crippen LogP contribution in [0.15, 0.2) is 73.2 Å². The lowest BCUT2D eigenvalue weighted by Gasteiger charge is -2.12. The van der Waals surface area contributed by atoms with Gasteiger partial charge in [-0.05, 0) is 55.0 Å². The molecule has 1 amide bonds. The molecule has 7 N–H and O–H groups in total. The molecule has 3 heterocycles. The number of H-pyrrole nitrogens is 1. The van der Waals surface area contributed by atoms with Crippen molar-refractivity contribution in [2.24, 2.45) is 5.73 Å². The summed E-state index contributed by atoms with van der Waals surface area (Å²) in [6, 6.07) is 18.6. The molecule has 0 bridgehead atoms. The van der Waals surface area contributed by atoms with Gasteiger partial charge in [0.1, 0.15) is 11.5 Å². The number of nitrogens with two attached hydrogens (primary N) is 2. The number of anilines is 4. The summed E-state index contributed by atoms with van der Waals surface area (Å²) >= 11 is 0. The summed E-state index contributed by atoms with van der Waals surface area (Å²) in [5.41, 5.74) is 15.7. The van der Waals surface area contributed by atoms with E-state index in [1.807, 2.05) is 61.5 Å². The van der Waals surface area contributed by atoms with Crippen molar-refractivity contribution in [1.82, 2.24) is 24.7 Å². The minimum Gasteiger partial charge on any atom is -0.398 e. The van der Waals surface area contributed by atoms with Crippen LogP contribution in [0.5, 0.6) is 0 Å². The number of amides is 1. The average Bonchev–Trinajstić information content (AvgIpc) is 3.49. The third kappa shape index (κ3) is 4.05. The minimum atomic E-state index is -0.330. The number of carbonyl (C=O) groups excluding carboxylic acids is 1. The Balaban J connectivity index is 1.50. The largest absolute Gasteiger partial charge is 0.398 e. The zero-order chi connectivity index (χ0) is 23.7. The first-order chi connectivity index (χ1) is 16.5. The third-order valence-corrected chi connectivity index (χ3v) is 5.36. The lowest BCUT2D eigenvalue weighted by Crippen LogP contribution is -2.14. The first kappa shape index (κ1) is 21.2. The van der Waals surface area contributed by atoms with Crippen LogP contribution in [-0.4, -0.2) is 30.6 Å². The molecule has 170 valence electrons. The number of aromatic nitrogens is 5. The van der Waals surface area contributed by atoms with Crippen LogP contribution < -0.4 is 22.1 Å². The Morgan fingerprint density at radius 3 is 2.76 bits per heavy atom. The second-order valence-electron chi connectivity index (χ2n) is 7.84. The molecule has 34 heavy (non-hydrogen) atoms. The van der Waals surface area contributed by atoms with E-state index in [0.29, 0.717) is 28.8 Å². The molecule has 5 aromatic rings. The molecule has 1 unspecified atom stereocenters. The molecule has 1 atom stereocenters. The maximum absolute atomic E-state index is 12.4. The molecule has 0 aliphatic heterocycles. The molecule has 0 saturated carbocycles. The maximum atomic E-state index is 12.4. The summed E-state index contributed by atoms with van der Waals surface area (Å²) in [7, 11) is 0. The van der Waals surface area contributed by atoms with Crippen molar-refractivity contribution in [3.8, 4) is 5.82 Å². The molecule has 0 aliphatic carbocycles. The van der Waals surface area contributed by atoms with E-state index in [2.05, 4.69) is 25.6 Å². The summed E-state index contributed by atoms with van der Waals surface area (Å²) in [4.78, 5) is 23.6. The Labute approximate surface area is 195 Å². The van der Waals surface area contributed by atoms with Crippen LogP contribution >= 0.6 is 0 Å². The van der Waals surface area contributed by atoms with Gasteiger partial charge in [0.25, 0.3) is 5.91 Å². The number of rotatable bonds is 6. The van der Waals surface area contributed by atoms with Crippen LogP contribution in [0.4, 0.5) is 23.0 Å². The van der Waals surface area contributed by atoms with Gasteiger partial charge in [-0.2, -0.15) is 0 Å². The predicted octanol–water partition coefficient (Wildman–Crippen LogP) is 3.74. The Morgan fingerprint density at radius 2 is 1.97 bits per heavy atom. The zero-order valence-electron chi connectivity index (χ0n) is 18.4. The van der Waals surface area contributed by atoms with Crippen LogP contribution in [0, 0.1) is 0 Å². The number of pyridine rings is 1. The van der Waals surface area contributed by atoms with E-state index in [4.69, 9.17) is 16.6 Å². The van der Waals surface area contributed by atoms with Gasteiger partial charge in [0, 0.05) is 22.8 Å². The first-order valence-corrected chi connectivity index (χ1v) is 10.7. The smallest absolute Gasteiger partial charge is 0.274 e. The molecule has 2 aromatic carbocycles. The van der Waals surface area contributed by atoms with Gasteiger partial charge < -0.3 is 27.1 Å². The molecule has 3 aromatic heterocycles. The maximum Gasteiger partial charge on any atom is 0.274 e. The molecule has 10 nitrogen and oxygen atoms in total. The number of aromatic amines is 1. The normalized spacial score (nSPS) is 11.9. The van der Waals surface area contributed by atoms with Crippen molar-refractivity contribution in [1.29, 1.82) is 0 Å². The number of hydrogen-bond acceptors (Lipinski definition) is 7. The molecular weight excluding hydrogens is 430 g/mol. The van der Waals surface area contributed by atoms with Crippen LogP contribution in [0.25, 0.3) is 16.7 Å². The number of carbonyl (C=O) groups is 1. The standard InChI is InChI=1S/C24H23N9O/c1-14(25)17-11-15(9-10-18(17)26)29-23-16-5-2-3-6-20(16)33(32-23)22-8-4-7-21(30-22)31-24(34)19-12-27-13-28-19/h2-14H,25-26H2,1H3,(H,27,28)(H,29,32)(H,30,31,34). The highest BCUT2D eigenvalue weighted by molar-refractivity contribution is 6.02. The van der Waals surface area contributed by atoms with Crippen LogP contribution in [0.3, 0.4) is 0 Å². The van der Waals surface area contributed by atoms with E-state index in [9.17, 15) is 4.79 Å². The van der Waals surface area contributed by atoms with Gasteiger partial charge in [0.2, 0.25) is 0 Å². The second kappa shape index (κ2) is 8.68. The Bertz CT molecular complexity index is 1470. The van der Waals surface area contributed by atoms with Crippen molar-refractivity contribution in [3.05, 3.63) is 84.4 Å². The van der Waals surface area contributed by atoms with E-state index in [-0.39, 0.29) is 11.9 Å². The summed E-state index contributed by atoms with van der Waals surface area (Å²) in [5, 5.41) is 11.8. The molecule has 0 aliphatic rings. The van der Waals surface area contributed by atoms with Crippen LogP contribution in [0.2, 0.25) is 0 Å². The van der Waals surface area contributed by atoms with E-state index in [1.54, 1.807) is 10.7 Å². The monoisotopic (exact) mass is 453 g/mol. The third-order valence-electron chi connectivity index (χ3n) is 5.36. The highest BCUT2D eigenvalue weighted by atomic mass is 16.2. The van der Waals surface area contributed by atoms with Gasteiger partial charge in [-0.1, -0.05) is 18.2 Å². The topological polar surface area (TPSA) is 153 Å². The lowest BCUT2D eigenvalue weighted by atomic mass is 10.1. The minimum absolute atomic E-state index is 0.194. The van der Waals surface area contributed by atoms with Gasteiger partial charge in [-0.3, -0.25) is 4.79 Å². The van der Waals surface area contributed by atoms with E-state index < -0.39 is 0 Å². The molecule has 10 heteroatoms. The van der Waals surface area contributed by atoms with Gasteiger partial charge >= 0.3 is 0 Å². The number of hydrogen-bond donors (Lipinski definition) is 5. The first-order valence-electron chi connectivity index (χ1n) is 10.7. The summed E-state index contributed by atoms with van der Waals surface area (Å²) in [6.07, 6.45) is 2.90. The van der Waals surface area contributed by atoms with Gasteiger partial charge in [0.05, 0.1) is 18.0 Å². The number of para-hydroxylation sites is 1. The number of imidazole rings is 1. The van der Waals surface area contributed by atoms with E-state index >= 15 is 0 Å². The van der Waals surface area contributed by atoms with Crippen molar-refractivity contribution >= 4 is 39.8 Å². The van der Waals surface area contributed by atoms with Crippen molar-refractivity contribution in [2.75, 3.05) is 16.4 Å². The number of nitrogens with one attached hydrogen (secondary N) is 3. The SMILES string of the molecule is CC(N)c1cc(Nc2nn(-c3cccc(NC(=O)c4cnc[nH]4)n3)c3ccccc23)ccc1N. The second-order valence-corrected chi connectivity index (χ2v) is 7.84. The van der Waals surface area contributed by atoms with E-state index in [0.717, 1.165) is 22.2 Å². The average molecular weight is 454 g/mol. The van der Waals surface area contributed by atoms with Crippen LogP contribution in [-0.2, 0) is 0 Å². The number of nitrogens with zero attached hydrogens (tertiary/aromatic N) is 4. The number of nitrogen functional groups attached to an aromatic ring is 1. The van der Waals surface area contributed by atoms with Gasteiger partial charge in [-0.25, -0.2) is 14.6 Å². The van der Waals surface area contributed by atoms with Gasteiger partial charge in [-0.15, -0.1) is 5.10 Å². The summed E-state index contributed by atoms with van der Waals surface area (Å²) < 4.78 is 1.73. The fourth-order valence-electron chi connectivity index (χ4n) is 3.69. The Hall–Kier alpha value is -4.70. The van der Waals surface area contributed by atoms with Crippen molar-refractivity contribution in [3.63, 3.8) is 0 Å². The molecule has 0 saturated heterocycles. The molecule has 5 rings (SSSR count). The molecular formula is C24H23N9O.